The molecule has 2 aliphatic heterocycles. The minimum Gasteiger partial charge on any atom is -0.454 e. The second kappa shape index (κ2) is 9.16. The summed E-state index contributed by atoms with van der Waals surface area (Å²) in [4.78, 5) is 38.8. The molecule has 2 aromatic carbocycles. The largest absolute Gasteiger partial charge is 0.454 e. The van der Waals surface area contributed by atoms with Gasteiger partial charge in [0.1, 0.15) is 0 Å². The summed E-state index contributed by atoms with van der Waals surface area (Å²) in [6.07, 6.45) is 2.58. The van der Waals surface area contributed by atoms with E-state index in [1.54, 1.807) is 36.4 Å². The normalized spacial score (nSPS) is 16.4. The van der Waals surface area contributed by atoms with Gasteiger partial charge in [-0.2, -0.15) is 0 Å². The number of anilines is 1. The number of fused-ring (bicyclic) bond motifs is 1. The molecule has 2 aromatic rings. The number of nitrogens with zero attached hydrogens (tertiary/aromatic N) is 1. The van der Waals surface area contributed by atoms with E-state index in [1.165, 1.54) is 12.1 Å². The number of hydrogen-bond acceptors (Lipinski definition) is 8. The van der Waals surface area contributed by atoms with Crippen molar-refractivity contribution in [3.05, 3.63) is 58.5 Å². The van der Waals surface area contributed by atoms with Gasteiger partial charge in [-0.3, -0.25) is 24.0 Å². The van der Waals surface area contributed by atoms with Gasteiger partial charge in [-0.15, -0.1) is 0 Å². The molecule has 2 heterocycles. The van der Waals surface area contributed by atoms with Gasteiger partial charge in [0.15, 0.2) is 11.5 Å². The Kier molecular flexibility index (Phi) is 6.29. The van der Waals surface area contributed by atoms with Gasteiger partial charge in [0.05, 0.1) is 22.4 Å². The molecule has 1 saturated heterocycles. The van der Waals surface area contributed by atoms with E-state index in [9.17, 15) is 22.8 Å². The summed E-state index contributed by atoms with van der Waals surface area (Å²) in [7, 11) is -3.57. The van der Waals surface area contributed by atoms with Gasteiger partial charge in [0.25, 0.3) is 17.1 Å². The van der Waals surface area contributed by atoms with E-state index in [1.807, 2.05) is 0 Å². The fourth-order valence-electron chi connectivity index (χ4n) is 3.19. The Morgan fingerprint density at radius 3 is 2.70 bits per heavy atom. The Bertz CT molecular complexity index is 1270. The van der Waals surface area contributed by atoms with Crippen LogP contribution < -0.4 is 19.5 Å². The van der Waals surface area contributed by atoms with Crippen LogP contribution in [0, 0.1) is 0 Å². The van der Waals surface area contributed by atoms with Crippen molar-refractivity contribution in [3.63, 3.8) is 0 Å². The van der Waals surface area contributed by atoms with Gasteiger partial charge >= 0.3 is 0 Å². The van der Waals surface area contributed by atoms with Gasteiger partial charge in [0, 0.05) is 13.1 Å². The maximum Gasteiger partial charge on any atom is 0.293 e. The van der Waals surface area contributed by atoms with E-state index in [4.69, 9.17) is 9.47 Å². The number of ether oxygens (including phenoxy) is 2. The quantitative estimate of drug-likeness (QED) is 0.566. The zero-order valence-electron chi connectivity index (χ0n) is 17.4. The molecule has 0 saturated carbocycles. The molecular weight excluding hydrogens is 470 g/mol. The average Bonchev–Trinajstić information content (AvgIpc) is 3.32. The molecular formula is C21H19N3O7S2. The molecule has 3 amide bonds. The van der Waals surface area contributed by atoms with Crippen molar-refractivity contribution in [2.45, 2.75) is 0 Å². The molecule has 0 radical (unpaired) electrons. The third-order valence-corrected chi connectivity index (χ3v) is 6.15. The highest BCUT2D eigenvalue weighted by molar-refractivity contribution is 8.18. The fourth-order valence-corrected chi connectivity index (χ4v) is 4.64. The highest BCUT2D eigenvalue weighted by atomic mass is 32.2. The number of nitrogens with one attached hydrogen (secondary N) is 2. The lowest BCUT2D eigenvalue weighted by Crippen LogP contribution is -2.37. The number of imide groups is 1. The van der Waals surface area contributed by atoms with Crippen molar-refractivity contribution in [3.8, 4) is 11.5 Å². The topological polar surface area (TPSA) is 131 Å². The maximum atomic E-state index is 12.7. The Morgan fingerprint density at radius 2 is 1.91 bits per heavy atom. The minimum atomic E-state index is -3.57. The van der Waals surface area contributed by atoms with E-state index in [2.05, 4.69) is 10.0 Å². The van der Waals surface area contributed by atoms with Crippen LogP contribution in [0.1, 0.15) is 15.9 Å². The van der Waals surface area contributed by atoms with E-state index in [0.29, 0.717) is 17.1 Å². The molecule has 4 rings (SSSR count). The molecule has 0 aromatic heterocycles. The van der Waals surface area contributed by atoms with Gasteiger partial charge in [-0.25, -0.2) is 8.42 Å². The molecule has 0 spiro atoms. The highest BCUT2D eigenvalue weighted by Gasteiger charge is 2.34. The first kappa shape index (κ1) is 22.7. The summed E-state index contributed by atoms with van der Waals surface area (Å²) >= 11 is 0.811. The molecule has 0 aliphatic carbocycles. The highest BCUT2D eigenvalue weighted by Crippen LogP contribution is 2.36. The minimum absolute atomic E-state index is 0.00138. The summed E-state index contributed by atoms with van der Waals surface area (Å²) in [5.41, 5.74) is 0.947. The maximum absolute atomic E-state index is 12.7. The predicted molar refractivity (Wildman–Crippen MR) is 122 cm³/mol. The Morgan fingerprint density at radius 1 is 1.15 bits per heavy atom. The van der Waals surface area contributed by atoms with Gasteiger partial charge < -0.3 is 14.8 Å². The zero-order valence-corrected chi connectivity index (χ0v) is 19.0. The van der Waals surface area contributed by atoms with Crippen molar-refractivity contribution < 1.29 is 32.3 Å². The molecule has 0 atom stereocenters. The number of amides is 3. The number of thioether (sulfide) groups is 1. The van der Waals surface area contributed by atoms with Crippen LogP contribution >= 0.6 is 11.8 Å². The Hall–Kier alpha value is -3.51. The molecule has 0 bridgehead atoms. The van der Waals surface area contributed by atoms with Crippen LogP contribution in [0.2, 0.25) is 0 Å². The van der Waals surface area contributed by atoms with Gasteiger partial charge in [-0.1, -0.05) is 18.2 Å². The van der Waals surface area contributed by atoms with E-state index in [0.717, 1.165) is 22.9 Å². The molecule has 1 fully saturated rings. The summed E-state index contributed by atoms with van der Waals surface area (Å²) in [5.74, 6) is 0.182. The third-order valence-electron chi connectivity index (χ3n) is 4.66. The molecule has 33 heavy (non-hydrogen) atoms. The number of rotatable bonds is 7. The lowest BCUT2D eigenvalue weighted by Gasteiger charge is -2.14. The SMILES string of the molecule is CS(=O)(=O)Nc1ccccc1C(=O)NCCN1C(=O)S/C(=C/c2ccc3c(c2)OCO3)C1=O. The second-order valence-corrected chi connectivity index (χ2v) is 9.86. The van der Waals surface area contributed by atoms with Crippen LogP contribution in [0.25, 0.3) is 6.08 Å². The van der Waals surface area contributed by atoms with Crippen molar-refractivity contribution in [2.75, 3.05) is 30.9 Å². The molecule has 172 valence electrons. The monoisotopic (exact) mass is 489 g/mol. The second-order valence-electron chi connectivity index (χ2n) is 7.12. The number of carbonyl (C=O) groups is 3. The fraction of sp³-hybridized carbons (Fsp3) is 0.190. The number of carbonyl (C=O) groups excluding carboxylic acids is 3. The first-order valence-corrected chi connectivity index (χ1v) is 12.4. The van der Waals surface area contributed by atoms with Crippen molar-refractivity contribution in [1.29, 1.82) is 0 Å². The van der Waals surface area contributed by atoms with Crippen LogP contribution in [-0.2, 0) is 14.8 Å². The standard InChI is InChI=1S/C21H19N3O7S2/c1-33(28,29)23-15-5-3-2-4-14(15)19(25)22-8-9-24-20(26)18(32-21(24)27)11-13-6-7-16-17(10-13)31-12-30-16/h2-7,10-11,23H,8-9,12H2,1H3,(H,22,25)/b18-11+. The Balaban J connectivity index is 1.38. The smallest absolute Gasteiger partial charge is 0.293 e. The van der Waals surface area contributed by atoms with Crippen molar-refractivity contribution in [1.82, 2.24) is 10.2 Å². The van der Waals surface area contributed by atoms with Gasteiger partial charge in [0.2, 0.25) is 16.8 Å². The van der Waals surface area contributed by atoms with E-state index < -0.39 is 27.1 Å². The van der Waals surface area contributed by atoms with Crippen LogP contribution in [-0.4, -0.2) is 56.5 Å². The Labute approximate surface area is 194 Å². The summed E-state index contributed by atoms with van der Waals surface area (Å²) in [6.45, 7) is 0.105. The number of para-hydroxylation sites is 1. The van der Waals surface area contributed by atoms with Crippen LogP contribution in [0.5, 0.6) is 11.5 Å². The van der Waals surface area contributed by atoms with E-state index in [-0.39, 0.29) is 36.0 Å². The molecule has 10 nitrogen and oxygen atoms in total. The molecule has 0 unspecified atom stereocenters. The summed E-state index contributed by atoms with van der Waals surface area (Å²) in [6, 6.07) is 11.3. The van der Waals surface area contributed by atoms with Crippen molar-refractivity contribution >= 4 is 50.6 Å². The number of sulfonamides is 1. The molecule has 2 aliphatic rings. The molecule has 12 heteroatoms. The van der Waals surface area contributed by atoms with Crippen LogP contribution in [0.4, 0.5) is 10.5 Å². The zero-order chi connectivity index (χ0) is 23.6. The number of hydrogen-bond donors (Lipinski definition) is 2. The molecule has 2 N–H and O–H groups in total. The lowest BCUT2D eigenvalue weighted by atomic mass is 10.1. The van der Waals surface area contributed by atoms with Crippen LogP contribution in [0.15, 0.2) is 47.4 Å². The first-order chi connectivity index (χ1) is 15.7. The number of benzene rings is 2. The van der Waals surface area contributed by atoms with E-state index >= 15 is 0 Å². The lowest BCUT2D eigenvalue weighted by molar-refractivity contribution is -0.122. The third kappa shape index (κ3) is 5.29. The first-order valence-electron chi connectivity index (χ1n) is 9.71. The van der Waals surface area contributed by atoms with Crippen LogP contribution in [0.3, 0.4) is 0 Å². The van der Waals surface area contributed by atoms with Gasteiger partial charge in [-0.05, 0) is 47.7 Å². The summed E-state index contributed by atoms with van der Waals surface area (Å²) in [5, 5.41) is 2.16. The predicted octanol–water partition coefficient (Wildman–Crippen LogP) is 2.25. The summed E-state index contributed by atoms with van der Waals surface area (Å²) < 4.78 is 35.9. The average molecular weight is 490 g/mol. The van der Waals surface area contributed by atoms with Crippen molar-refractivity contribution in [2.24, 2.45) is 0 Å².